The molecule has 0 bridgehead atoms. The van der Waals surface area contributed by atoms with Gasteiger partial charge in [-0.15, -0.1) is 0 Å². The molecule has 0 radical (unpaired) electrons. The van der Waals surface area contributed by atoms with Crippen molar-refractivity contribution in [3.05, 3.63) is 72.8 Å². The normalized spacial score (nSPS) is 14.3. The van der Waals surface area contributed by atoms with Gasteiger partial charge in [0.15, 0.2) is 0 Å². The van der Waals surface area contributed by atoms with Crippen molar-refractivity contribution in [3.63, 3.8) is 0 Å². The minimum absolute atomic E-state index is 0.226. The van der Waals surface area contributed by atoms with Crippen LogP contribution in [0.15, 0.2) is 89.6 Å². The van der Waals surface area contributed by atoms with Gasteiger partial charge in [0.25, 0.3) is 0 Å². The summed E-state index contributed by atoms with van der Waals surface area (Å²) in [6, 6.07) is 26.2. The number of benzene rings is 4. The number of hydrogen-bond donors (Lipinski definition) is 0. The Kier molecular flexibility index (Phi) is 11.2. The first-order chi connectivity index (χ1) is 24.6. The molecule has 0 saturated carbocycles. The van der Waals surface area contributed by atoms with E-state index in [1.165, 1.54) is 20.7 Å². The zero-order valence-electron chi connectivity index (χ0n) is 34.1. The second kappa shape index (κ2) is 14.8. The number of para-hydroxylation sites is 4. The molecule has 0 saturated heterocycles. The van der Waals surface area contributed by atoms with Gasteiger partial charge in [-0.3, -0.25) is 9.05 Å². The fraction of sp³-hybridized carbons (Fsp3) is 0.415. The first-order valence-corrected chi connectivity index (χ1v) is 35.0. The van der Waals surface area contributed by atoms with Crippen molar-refractivity contribution >= 4 is 113 Å². The Balaban J connectivity index is 1.42. The van der Waals surface area contributed by atoms with Crippen molar-refractivity contribution in [1.29, 1.82) is 0 Å². The monoisotopic (exact) mass is 820 g/mol. The lowest BCUT2D eigenvalue weighted by molar-refractivity contribution is 0.184. The molecule has 0 aliphatic rings. The van der Waals surface area contributed by atoms with Gasteiger partial charge >= 0.3 is 16.5 Å². The lowest BCUT2D eigenvalue weighted by Gasteiger charge is -2.18. The highest BCUT2D eigenvalue weighted by atomic mass is 31.1. The second-order valence-electron chi connectivity index (χ2n) is 18.6. The highest BCUT2D eigenvalue weighted by molar-refractivity contribution is 7.32. The Labute approximate surface area is 321 Å². The van der Waals surface area contributed by atoms with Crippen LogP contribution in [0.2, 0.25) is 78.6 Å². The maximum absolute atomic E-state index is 6.84. The molecule has 0 aliphatic carbocycles. The molecular weight excluding hydrogens is 763 g/mol. The van der Waals surface area contributed by atoms with E-state index in [9.17, 15) is 0 Å². The van der Waals surface area contributed by atoms with Crippen molar-refractivity contribution in [2.24, 2.45) is 0 Å². The molecule has 4 aromatic carbocycles. The van der Waals surface area contributed by atoms with Crippen LogP contribution in [-0.4, -0.2) is 44.5 Å². The number of hydrogen-bond acceptors (Lipinski definition) is 6. The molecule has 0 N–H and O–H groups in total. The predicted octanol–water partition coefficient (Wildman–Crippen LogP) is 11.8. The van der Waals surface area contributed by atoms with Crippen LogP contribution in [0, 0.1) is 0 Å². The fourth-order valence-electron chi connectivity index (χ4n) is 7.02. The van der Waals surface area contributed by atoms with E-state index in [1.807, 2.05) is 0 Å². The van der Waals surface area contributed by atoms with Crippen molar-refractivity contribution in [1.82, 2.24) is 0 Å². The number of rotatable bonds is 10. The summed E-state index contributed by atoms with van der Waals surface area (Å²) in [5.74, 6) is 0. The molecule has 2 heterocycles. The Morgan fingerprint density at radius 1 is 0.415 bits per heavy atom. The molecule has 12 heteroatoms. The van der Waals surface area contributed by atoms with Crippen LogP contribution in [0.4, 0.5) is 0 Å². The van der Waals surface area contributed by atoms with Gasteiger partial charge < -0.3 is 16.8 Å². The van der Waals surface area contributed by atoms with Crippen LogP contribution in [-0.2, 0) is 0 Å². The van der Waals surface area contributed by atoms with Crippen LogP contribution >= 0.6 is 16.5 Å². The molecule has 0 unspecified atom stereocenters. The number of fused-ring (bicyclic) bond motifs is 6. The molecule has 0 amide bonds. The van der Waals surface area contributed by atoms with E-state index in [1.54, 1.807) is 0 Å². The Morgan fingerprint density at radius 3 is 0.849 bits per heavy atom. The molecule has 0 spiro atoms. The van der Waals surface area contributed by atoms with Crippen molar-refractivity contribution in [3.8, 4) is 0 Å². The molecule has 2 aromatic heterocycles. The Bertz CT molecular complexity index is 2060. The zero-order chi connectivity index (χ0) is 38.7. The van der Waals surface area contributed by atoms with Gasteiger partial charge in [0.05, 0.1) is 44.5 Å². The lowest BCUT2D eigenvalue weighted by atomic mass is 10.1. The molecular formula is C41H58O6P2Si4. The van der Waals surface area contributed by atoms with Gasteiger partial charge in [0, 0.05) is 28.0 Å². The van der Waals surface area contributed by atoms with E-state index in [-0.39, 0.29) is 12.2 Å². The largest absolute Gasteiger partial charge is 0.399 e. The van der Waals surface area contributed by atoms with Crippen molar-refractivity contribution in [2.45, 2.75) is 111 Å². The first-order valence-electron chi connectivity index (χ1n) is 18.8. The van der Waals surface area contributed by atoms with Gasteiger partial charge in [-0.25, -0.2) is 0 Å². The molecule has 6 aromatic rings. The predicted molar refractivity (Wildman–Crippen MR) is 241 cm³/mol. The maximum Gasteiger partial charge on any atom is 0.387 e. The summed E-state index contributed by atoms with van der Waals surface area (Å²) in [6.07, 6.45) is 0.152. The average Bonchev–Trinajstić information content (AvgIpc) is 3.29. The minimum Gasteiger partial charge on any atom is -0.399 e. The van der Waals surface area contributed by atoms with Crippen molar-refractivity contribution in [2.75, 3.05) is 0 Å². The summed E-state index contributed by atoms with van der Waals surface area (Å²) >= 11 is 0. The van der Waals surface area contributed by atoms with E-state index in [0.717, 1.165) is 43.9 Å². The van der Waals surface area contributed by atoms with E-state index < -0.39 is 48.8 Å². The van der Waals surface area contributed by atoms with Gasteiger partial charge in [-0.2, -0.15) is 0 Å². The molecule has 6 nitrogen and oxygen atoms in total. The summed E-state index contributed by atoms with van der Waals surface area (Å²) < 4.78 is 40.9. The van der Waals surface area contributed by atoms with Crippen LogP contribution in [0.25, 0.3) is 43.9 Å². The zero-order valence-corrected chi connectivity index (χ0v) is 39.9. The van der Waals surface area contributed by atoms with E-state index >= 15 is 0 Å². The molecule has 0 fully saturated rings. The Hall–Kier alpha value is -2.53. The molecule has 0 aliphatic heterocycles. The van der Waals surface area contributed by atoms with E-state index in [2.05, 4.69) is 165 Å². The SMILES string of the molecule is C[C@H](C[C@@H](C)Op1oc2c([Si](C)(C)C)cccc2c2cccc([Si](C)(C)C)c2o1)Op1oc2c([Si](C)(C)C)cccc2c2cccc([Si](C)(C)C)c2o1. The molecule has 2 atom stereocenters. The molecule has 53 heavy (non-hydrogen) atoms. The molecule has 284 valence electrons. The minimum atomic E-state index is -1.77. The third-order valence-electron chi connectivity index (χ3n) is 9.73. The third kappa shape index (κ3) is 8.66. The topological polar surface area (TPSA) is 71.0 Å². The summed E-state index contributed by atoms with van der Waals surface area (Å²) in [7, 11) is -10.6. The van der Waals surface area contributed by atoms with E-state index in [4.69, 9.17) is 25.8 Å². The maximum atomic E-state index is 6.84. The standard InChI is InChI=1S/C41H58O6P2Si4/c1-28(42-48-44-38-30(19-15-23-34(38)50(3,4)5)31-20-16-24-35(39(31)45-48)51(6,7)8)27-29(2)43-49-46-40-32(21-17-25-36(40)52(9,10)11)33-22-18-26-37(41(33)47-49)53(12,13)14/h15-26,28-29H,27H2,1-14H3/t28-,29-/m1/s1. The summed E-state index contributed by atoms with van der Waals surface area (Å²) in [6.45, 7) is 32.5. The van der Waals surface area contributed by atoms with Gasteiger partial charge in [-0.1, -0.05) is 151 Å². The smallest absolute Gasteiger partial charge is 0.387 e. The first kappa shape index (κ1) is 40.1. The van der Waals surface area contributed by atoms with Gasteiger partial charge in [0.1, 0.15) is 22.3 Å². The third-order valence-corrected chi connectivity index (χ3v) is 20.2. The van der Waals surface area contributed by atoms with E-state index in [0.29, 0.717) is 6.42 Å². The fourth-order valence-corrected chi connectivity index (χ4v) is 15.6. The van der Waals surface area contributed by atoms with Crippen LogP contribution < -0.4 is 29.8 Å². The average molecular weight is 821 g/mol. The van der Waals surface area contributed by atoms with Crippen LogP contribution in [0.1, 0.15) is 20.3 Å². The lowest BCUT2D eigenvalue weighted by Crippen LogP contribution is -2.38. The van der Waals surface area contributed by atoms with Crippen molar-refractivity contribution < 1.29 is 25.8 Å². The second-order valence-corrected chi connectivity index (χ2v) is 40.8. The van der Waals surface area contributed by atoms with Gasteiger partial charge in [-0.05, 0) is 34.6 Å². The summed E-state index contributed by atoms with van der Waals surface area (Å²) in [4.78, 5) is 0. The summed E-state index contributed by atoms with van der Waals surface area (Å²) in [5.41, 5.74) is 3.60. The quantitative estimate of drug-likeness (QED) is 0.128. The summed E-state index contributed by atoms with van der Waals surface area (Å²) in [5, 5.41) is 9.41. The highest BCUT2D eigenvalue weighted by Crippen LogP contribution is 2.37. The molecule has 6 rings (SSSR count). The Morgan fingerprint density at radius 2 is 0.642 bits per heavy atom. The van der Waals surface area contributed by atoms with Gasteiger partial charge in [0.2, 0.25) is 0 Å². The van der Waals surface area contributed by atoms with Crippen LogP contribution in [0.5, 0.6) is 0 Å². The highest BCUT2D eigenvalue weighted by Gasteiger charge is 2.28. The van der Waals surface area contributed by atoms with Crippen LogP contribution in [0.3, 0.4) is 0 Å².